The maximum atomic E-state index is 13.3. The molecule has 14 heteroatoms. The van der Waals surface area contributed by atoms with E-state index in [-0.39, 0.29) is 30.0 Å². The first-order valence-electron chi connectivity index (χ1n) is 13.9. The zero-order chi connectivity index (χ0) is 29.6. The Balaban J connectivity index is 1.18. The van der Waals surface area contributed by atoms with Crippen LogP contribution in [0.15, 0.2) is 30.5 Å². The summed E-state index contributed by atoms with van der Waals surface area (Å²) in [5.41, 5.74) is 0.183. The molecule has 0 aromatic carbocycles. The molecule has 3 aromatic heterocycles. The summed E-state index contributed by atoms with van der Waals surface area (Å²) in [7, 11) is 1.75. The van der Waals surface area contributed by atoms with Crippen molar-refractivity contribution in [3.63, 3.8) is 0 Å². The number of aromatic nitrogens is 4. The maximum Gasteiger partial charge on any atom is 0.433 e. The number of rotatable bonds is 7. The Labute approximate surface area is 240 Å². The van der Waals surface area contributed by atoms with Crippen molar-refractivity contribution in [3.05, 3.63) is 47.4 Å². The van der Waals surface area contributed by atoms with Crippen LogP contribution in [-0.4, -0.2) is 69.8 Å². The van der Waals surface area contributed by atoms with E-state index in [4.69, 9.17) is 4.74 Å². The van der Waals surface area contributed by atoms with Gasteiger partial charge < -0.3 is 29.9 Å². The monoisotopic (exact) mass is 584 g/mol. The second-order valence-corrected chi connectivity index (χ2v) is 10.9. The standard InChI is InChI=1S/C28H31F3N8O3/c1-27(16-40)25(41)39-13-5-6-18-22(39)24(37(27)2)36-26(34-18)33-15-17-7-10-21(32-14-17)42-19-8-9-20(28(29,30)31)35-23(19)38-11-3-4-12-38/h7-10,14,40H,3-6,11-13,15-16H2,1-2H3,(H,33,34,36)/t27-/m0/s1. The molecule has 3 aliphatic rings. The molecule has 222 valence electrons. The van der Waals surface area contributed by atoms with Gasteiger partial charge in [-0.1, -0.05) is 6.07 Å². The number of aliphatic hydroxyl groups excluding tert-OH is 1. The Morgan fingerprint density at radius 1 is 1.05 bits per heavy atom. The molecule has 1 atom stereocenters. The summed E-state index contributed by atoms with van der Waals surface area (Å²) < 4.78 is 45.8. The van der Waals surface area contributed by atoms with Crippen molar-refractivity contribution in [2.45, 2.75) is 50.9 Å². The molecule has 0 unspecified atom stereocenters. The molecule has 1 fully saturated rings. The van der Waals surface area contributed by atoms with Gasteiger partial charge in [0.15, 0.2) is 17.4 Å². The van der Waals surface area contributed by atoms with Gasteiger partial charge in [0.05, 0.1) is 12.3 Å². The molecule has 3 aromatic rings. The number of ether oxygens (including phenoxy) is 1. The van der Waals surface area contributed by atoms with Crippen LogP contribution < -0.4 is 24.8 Å². The normalized spacial score (nSPS) is 20.1. The SMILES string of the molecule is CN1c2nc(NCc3ccc(Oc4ccc(C(F)(F)F)nc4N4CCCC4)nc3)nc3c2N(CCC3)C(=O)[C@]1(C)CO. The second kappa shape index (κ2) is 10.6. The topological polar surface area (TPSA) is 120 Å². The van der Waals surface area contributed by atoms with E-state index in [2.05, 4.69) is 25.3 Å². The molecule has 0 bridgehead atoms. The number of nitrogens with one attached hydrogen (secondary N) is 1. The Morgan fingerprint density at radius 2 is 1.83 bits per heavy atom. The number of hydrogen-bond donors (Lipinski definition) is 2. The third kappa shape index (κ3) is 4.93. The van der Waals surface area contributed by atoms with Gasteiger partial charge in [0.25, 0.3) is 5.91 Å². The molecule has 3 aliphatic heterocycles. The summed E-state index contributed by atoms with van der Waals surface area (Å²) in [5.74, 6) is 1.40. The van der Waals surface area contributed by atoms with Crippen molar-refractivity contribution in [3.8, 4) is 11.6 Å². The Morgan fingerprint density at radius 3 is 2.52 bits per heavy atom. The van der Waals surface area contributed by atoms with Crippen molar-refractivity contribution in [1.29, 1.82) is 0 Å². The average molecular weight is 585 g/mol. The lowest BCUT2D eigenvalue weighted by molar-refractivity contribution is -0.141. The lowest BCUT2D eigenvalue weighted by atomic mass is 9.93. The lowest BCUT2D eigenvalue weighted by Gasteiger charge is -2.47. The number of carbonyl (C=O) groups excluding carboxylic acids is 1. The first-order chi connectivity index (χ1) is 20.1. The van der Waals surface area contributed by atoms with Crippen molar-refractivity contribution in [2.75, 3.05) is 53.3 Å². The van der Waals surface area contributed by atoms with E-state index in [1.165, 1.54) is 6.07 Å². The molecule has 6 rings (SSSR count). The average Bonchev–Trinajstić information content (AvgIpc) is 3.53. The van der Waals surface area contributed by atoms with E-state index < -0.39 is 17.4 Å². The molecule has 6 heterocycles. The molecule has 11 nitrogen and oxygen atoms in total. The van der Waals surface area contributed by atoms with Crippen LogP contribution in [0.3, 0.4) is 0 Å². The predicted molar refractivity (Wildman–Crippen MR) is 149 cm³/mol. The zero-order valence-corrected chi connectivity index (χ0v) is 23.3. The fourth-order valence-corrected chi connectivity index (χ4v) is 5.51. The van der Waals surface area contributed by atoms with E-state index >= 15 is 0 Å². The van der Waals surface area contributed by atoms with Gasteiger partial charge in [-0.15, -0.1) is 0 Å². The van der Waals surface area contributed by atoms with E-state index in [1.54, 1.807) is 47.0 Å². The number of likely N-dealkylation sites (N-methyl/N-ethyl adjacent to an activating group) is 1. The number of hydrogen-bond acceptors (Lipinski definition) is 10. The lowest BCUT2D eigenvalue weighted by Crippen LogP contribution is -2.64. The van der Waals surface area contributed by atoms with Crippen LogP contribution in [0.1, 0.15) is 43.1 Å². The van der Waals surface area contributed by atoms with Crippen molar-refractivity contribution in [2.24, 2.45) is 0 Å². The Hall–Kier alpha value is -4.20. The summed E-state index contributed by atoms with van der Waals surface area (Å²) in [5, 5.41) is 13.3. The molecule has 1 saturated heterocycles. The minimum atomic E-state index is -4.55. The molecule has 0 radical (unpaired) electrons. The first-order valence-corrected chi connectivity index (χ1v) is 13.9. The number of pyridine rings is 2. The highest BCUT2D eigenvalue weighted by atomic mass is 19.4. The second-order valence-electron chi connectivity index (χ2n) is 10.9. The van der Waals surface area contributed by atoms with Crippen LogP contribution in [0.25, 0.3) is 0 Å². The molecule has 0 aliphatic carbocycles. The summed E-state index contributed by atoms with van der Waals surface area (Å²) in [6.45, 7) is 3.47. The summed E-state index contributed by atoms with van der Waals surface area (Å²) in [6, 6.07) is 5.63. The van der Waals surface area contributed by atoms with Crippen LogP contribution in [0.5, 0.6) is 11.6 Å². The maximum absolute atomic E-state index is 13.3. The van der Waals surface area contributed by atoms with Gasteiger partial charge >= 0.3 is 6.18 Å². The quantitative estimate of drug-likeness (QED) is 0.425. The molecule has 0 saturated carbocycles. The van der Waals surface area contributed by atoms with Gasteiger partial charge in [-0.3, -0.25) is 4.79 Å². The van der Waals surface area contributed by atoms with Crippen LogP contribution in [-0.2, 0) is 23.9 Å². The van der Waals surface area contributed by atoms with Gasteiger partial charge in [-0.05, 0) is 50.3 Å². The number of carbonyl (C=O) groups is 1. The van der Waals surface area contributed by atoms with E-state index in [0.29, 0.717) is 50.1 Å². The van der Waals surface area contributed by atoms with E-state index in [0.717, 1.165) is 36.6 Å². The number of halogens is 3. The number of anilines is 4. The first kappa shape index (κ1) is 27.9. The highest BCUT2D eigenvalue weighted by molar-refractivity contribution is 6.08. The van der Waals surface area contributed by atoms with Crippen molar-refractivity contribution in [1.82, 2.24) is 19.9 Å². The summed E-state index contributed by atoms with van der Waals surface area (Å²) >= 11 is 0. The highest BCUT2D eigenvalue weighted by Gasteiger charge is 2.49. The van der Waals surface area contributed by atoms with Gasteiger partial charge in [0.1, 0.15) is 16.9 Å². The third-order valence-corrected chi connectivity index (χ3v) is 8.07. The molecule has 42 heavy (non-hydrogen) atoms. The fraction of sp³-hybridized carbons (Fsp3) is 0.464. The van der Waals surface area contributed by atoms with Crippen molar-refractivity contribution < 1.29 is 27.8 Å². The largest absolute Gasteiger partial charge is 0.435 e. The number of aliphatic hydroxyl groups is 1. The van der Waals surface area contributed by atoms with Crippen molar-refractivity contribution >= 4 is 29.2 Å². The van der Waals surface area contributed by atoms with Gasteiger partial charge in [-0.2, -0.15) is 18.2 Å². The summed E-state index contributed by atoms with van der Waals surface area (Å²) in [6.07, 6.45) is 0.273. The molecule has 2 N–H and O–H groups in total. The van der Waals surface area contributed by atoms with Crippen LogP contribution in [0.2, 0.25) is 0 Å². The number of alkyl halides is 3. The fourth-order valence-electron chi connectivity index (χ4n) is 5.51. The number of amides is 1. The Bertz CT molecular complexity index is 1500. The molecular formula is C28H31F3N8O3. The van der Waals surface area contributed by atoms with Crippen LogP contribution in [0.4, 0.5) is 36.4 Å². The van der Waals surface area contributed by atoms with Crippen LogP contribution in [0, 0.1) is 0 Å². The van der Waals surface area contributed by atoms with E-state index in [9.17, 15) is 23.1 Å². The minimum absolute atomic E-state index is 0.158. The van der Waals surface area contributed by atoms with Gasteiger partial charge in [-0.25, -0.2) is 15.0 Å². The highest BCUT2D eigenvalue weighted by Crippen LogP contribution is 2.43. The molecular weight excluding hydrogens is 553 g/mol. The number of nitrogens with zero attached hydrogens (tertiary/aromatic N) is 7. The number of aryl methyl sites for hydroxylation is 1. The molecule has 1 amide bonds. The van der Waals surface area contributed by atoms with Crippen LogP contribution >= 0.6 is 0 Å². The Kier molecular flexibility index (Phi) is 7.03. The zero-order valence-electron chi connectivity index (χ0n) is 23.3. The van der Waals surface area contributed by atoms with Gasteiger partial charge in [0.2, 0.25) is 11.8 Å². The predicted octanol–water partition coefficient (Wildman–Crippen LogP) is 3.77. The minimum Gasteiger partial charge on any atom is -0.435 e. The smallest absolute Gasteiger partial charge is 0.433 e. The van der Waals surface area contributed by atoms with E-state index in [1.807, 2.05) is 0 Å². The third-order valence-electron chi connectivity index (χ3n) is 8.07. The van der Waals surface area contributed by atoms with Gasteiger partial charge in [0, 0.05) is 45.5 Å². The summed E-state index contributed by atoms with van der Waals surface area (Å²) in [4.78, 5) is 35.9. The molecule has 0 spiro atoms.